The maximum absolute atomic E-state index is 6.01. The number of aryl methyl sites for hydroxylation is 2. The number of nitrogens with one attached hydrogen (secondary N) is 1. The van der Waals surface area contributed by atoms with Crippen molar-refractivity contribution in [2.24, 2.45) is 10.7 Å². The summed E-state index contributed by atoms with van der Waals surface area (Å²) in [6.07, 6.45) is 9.10. The number of hydrogen-bond donors (Lipinski definition) is 2. The standard InChI is InChI=1S/C18H28N4.HI/c1-22(17-7-2-3-8-17)12-11-20-18(19)21-16-10-9-14-5-4-6-15(14)13-16;/h9-10,13,17H,2-8,11-12H2,1H3,(H3,19,20,21);1H. The topological polar surface area (TPSA) is 53.6 Å². The van der Waals surface area contributed by atoms with Crippen LogP contribution in [0.1, 0.15) is 43.2 Å². The van der Waals surface area contributed by atoms with E-state index in [0.29, 0.717) is 5.96 Å². The van der Waals surface area contributed by atoms with Crippen molar-refractivity contribution in [2.75, 3.05) is 25.5 Å². The molecule has 1 saturated carbocycles. The molecule has 0 radical (unpaired) electrons. The third-order valence-electron chi connectivity index (χ3n) is 5.05. The Kier molecular flexibility index (Phi) is 7.14. The Morgan fingerprint density at radius 2 is 1.96 bits per heavy atom. The molecule has 3 N–H and O–H groups in total. The van der Waals surface area contributed by atoms with Crippen molar-refractivity contribution < 1.29 is 0 Å². The van der Waals surface area contributed by atoms with E-state index < -0.39 is 0 Å². The average Bonchev–Trinajstić information content (AvgIpc) is 3.18. The fraction of sp³-hybridized carbons (Fsp3) is 0.611. The Labute approximate surface area is 156 Å². The minimum absolute atomic E-state index is 0. The maximum Gasteiger partial charge on any atom is 0.193 e. The number of guanidine groups is 1. The quantitative estimate of drug-likeness (QED) is 0.430. The monoisotopic (exact) mass is 428 g/mol. The first kappa shape index (κ1) is 18.5. The van der Waals surface area contributed by atoms with E-state index >= 15 is 0 Å². The Bertz CT molecular complexity index is 538. The third-order valence-corrected chi connectivity index (χ3v) is 5.05. The Hall–Kier alpha value is -0.820. The van der Waals surface area contributed by atoms with Crippen molar-refractivity contribution in [1.82, 2.24) is 4.90 Å². The number of benzene rings is 1. The van der Waals surface area contributed by atoms with Crippen LogP contribution in [-0.2, 0) is 12.8 Å². The van der Waals surface area contributed by atoms with Gasteiger partial charge in [-0.25, -0.2) is 0 Å². The molecule has 1 aromatic carbocycles. The molecule has 0 aromatic heterocycles. The average molecular weight is 428 g/mol. The van der Waals surface area contributed by atoms with Gasteiger partial charge in [-0.2, -0.15) is 0 Å². The fourth-order valence-electron chi connectivity index (χ4n) is 3.69. The summed E-state index contributed by atoms with van der Waals surface area (Å²) in [4.78, 5) is 6.90. The van der Waals surface area contributed by atoms with E-state index in [-0.39, 0.29) is 24.0 Å². The number of likely N-dealkylation sites (N-methyl/N-ethyl adjacent to an activating group) is 1. The minimum Gasteiger partial charge on any atom is -0.370 e. The number of anilines is 1. The smallest absolute Gasteiger partial charge is 0.193 e. The number of halogens is 1. The van der Waals surface area contributed by atoms with Crippen LogP contribution in [0.2, 0.25) is 0 Å². The summed E-state index contributed by atoms with van der Waals surface area (Å²) in [6.45, 7) is 1.74. The van der Waals surface area contributed by atoms with Crippen LogP contribution in [0.3, 0.4) is 0 Å². The summed E-state index contributed by atoms with van der Waals surface area (Å²) < 4.78 is 0. The third kappa shape index (κ3) is 5.08. The first-order valence-electron chi connectivity index (χ1n) is 8.61. The first-order chi connectivity index (χ1) is 10.7. The molecule has 128 valence electrons. The summed E-state index contributed by atoms with van der Waals surface area (Å²) in [7, 11) is 2.20. The van der Waals surface area contributed by atoms with Crippen molar-refractivity contribution in [3.8, 4) is 0 Å². The zero-order valence-corrected chi connectivity index (χ0v) is 16.4. The van der Waals surface area contributed by atoms with E-state index in [1.165, 1.54) is 56.1 Å². The lowest BCUT2D eigenvalue weighted by Gasteiger charge is -2.22. The van der Waals surface area contributed by atoms with Gasteiger partial charge in [0, 0.05) is 18.3 Å². The number of hydrogen-bond acceptors (Lipinski definition) is 2. The van der Waals surface area contributed by atoms with Crippen molar-refractivity contribution in [2.45, 2.75) is 51.0 Å². The van der Waals surface area contributed by atoms with Crippen LogP contribution in [0.25, 0.3) is 0 Å². The molecule has 2 aliphatic carbocycles. The number of nitrogens with two attached hydrogens (primary N) is 1. The second kappa shape index (κ2) is 8.87. The van der Waals surface area contributed by atoms with Crippen LogP contribution in [-0.4, -0.2) is 37.0 Å². The van der Waals surface area contributed by atoms with E-state index in [0.717, 1.165) is 24.8 Å². The van der Waals surface area contributed by atoms with Gasteiger partial charge in [0.15, 0.2) is 5.96 Å². The molecule has 4 nitrogen and oxygen atoms in total. The van der Waals surface area contributed by atoms with Gasteiger partial charge in [-0.05, 0) is 62.4 Å². The highest BCUT2D eigenvalue weighted by Crippen LogP contribution is 2.25. The van der Waals surface area contributed by atoms with Gasteiger partial charge in [-0.3, -0.25) is 4.99 Å². The summed E-state index contributed by atoms with van der Waals surface area (Å²) in [5.41, 5.74) is 10.0. The molecule has 5 heteroatoms. The van der Waals surface area contributed by atoms with Gasteiger partial charge in [0.05, 0.1) is 6.54 Å². The lowest BCUT2D eigenvalue weighted by atomic mass is 10.1. The molecular formula is C18H29IN4. The van der Waals surface area contributed by atoms with Gasteiger partial charge in [-0.1, -0.05) is 18.9 Å². The molecule has 0 saturated heterocycles. The summed E-state index contributed by atoms with van der Waals surface area (Å²) >= 11 is 0. The normalized spacial score (nSPS) is 18.1. The lowest BCUT2D eigenvalue weighted by molar-refractivity contribution is 0.252. The van der Waals surface area contributed by atoms with Crippen molar-refractivity contribution in [3.05, 3.63) is 29.3 Å². The van der Waals surface area contributed by atoms with Crippen LogP contribution in [0.15, 0.2) is 23.2 Å². The largest absolute Gasteiger partial charge is 0.370 e. The van der Waals surface area contributed by atoms with E-state index in [4.69, 9.17) is 5.73 Å². The van der Waals surface area contributed by atoms with Crippen LogP contribution in [0, 0.1) is 0 Å². The van der Waals surface area contributed by atoms with Crippen LogP contribution in [0.4, 0.5) is 5.69 Å². The molecule has 3 rings (SSSR count). The molecule has 0 amide bonds. The van der Waals surface area contributed by atoms with Gasteiger partial charge in [0.2, 0.25) is 0 Å². The van der Waals surface area contributed by atoms with Gasteiger partial charge in [0.1, 0.15) is 0 Å². The number of nitrogens with zero attached hydrogens (tertiary/aromatic N) is 2. The maximum atomic E-state index is 6.01. The summed E-state index contributed by atoms with van der Waals surface area (Å²) in [5, 5.41) is 3.22. The van der Waals surface area contributed by atoms with E-state index in [2.05, 4.69) is 40.5 Å². The summed E-state index contributed by atoms with van der Waals surface area (Å²) in [5.74, 6) is 0.526. The van der Waals surface area contributed by atoms with Gasteiger partial charge in [0.25, 0.3) is 0 Å². The Balaban J connectivity index is 0.00000192. The number of aliphatic imine (C=N–C) groups is 1. The van der Waals surface area contributed by atoms with Gasteiger partial charge < -0.3 is 16.0 Å². The molecule has 23 heavy (non-hydrogen) atoms. The molecule has 2 aliphatic rings. The second-order valence-electron chi connectivity index (χ2n) is 6.65. The Morgan fingerprint density at radius 1 is 1.22 bits per heavy atom. The number of rotatable bonds is 5. The SMILES string of the molecule is CN(CCN=C(N)Nc1ccc2c(c1)CCC2)C1CCCC1.I. The molecule has 1 fully saturated rings. The molecule has 0 unspecified atom stereocenters. The molecule has 0 heterocycles. The molecule has 0 atom stereocenters. The van der Waals surface area contributed by atoms with Crippen molar-refractivity contribution in [3.63, 3.8) is 0 Å². The molecular weight excluding hydrogens is 399 g/mol. The highest BCUT2D eigenvalue weighted by Gasteiger charge is 2.18. The second-order valence-corrected chi connectivity index (χ2v) is 6.65. The molecule has 0 bridgehead atoms. The van der Waals surface area contributed by atoms with Crippen molar-refractivity contribution in [1.29, 1.82) is 0 Å². The zero-order chi connectivity index (χ0) is 15.4. The van der Waals surface area contributed by atoms with E-state index in [1.807, 2.05) is 0 Å². The predicted molar refractivity (Wildman–Crippen MR) is 109 cm³/mol. The van der Waals surface area contributed by atoms with Crippen LogP contribution < -0.4 is 11.1 Å². The van der Waals surface area contributed by atoms with E-state index in [9.17, 15) is 0 Å². The number of fused-ring (bicyclic) bond motifs is 1. The van der Waals surface area contributed by atoms with Gasteiger partial charge >= 0.3 is 0 Å². The lowest BCUT2D eigenvalue weighted by Crippen LogP contribution is -2.32. The fourth-order valence-corrected chi connectivity index (χ4v) is 3.69. The van der Waals surface area contributed by atoms with Crippen molar-refractivity contribution >= 4 is 35.6 Å². The molecule has 0 spiro atoms. The van der Waals surface area contributed by atoms with Crippen LogP contribution in [0.5, 0.6) is 0 Å². The van der Waals surface area contributed by atoms with Crippen LogP contribution >= 0.6 is 24.0 Å². The highest BCUT2D eigenvalue weighted by atomic mass is 127. The molecule has 1 aromatic rings. The van der Waals surface area contributed by atoms with Gasteiger partial charge in [-0.15, -0.1) is 24.0 Å². The van der Waals surface area contributed by atoms with E-state index in [1.54, 1.807) is 0 Å². The highest BCUT2D eigenvalue weighted by molar-refractivity contribution is 14.0. The molecule has 0 aliphatic heterocycles. The minimum atomic E-state index is 0. The zero-order valence-electron chi connectivity index (χ0n) is 14.1. The Morgan fingerprint density at radius 3 is 2.74 bits per heavy atom. The summed E-state index contributed by atoms with van der Waals surface area (Å²) in [6, 6.07) is 7.29. The predicted octanol–water partition coefficient (Wildman–Crippen LogP) is 3.39. The first-order valence-corrected chi connectivity index (χ1v) is 8.61.